The number of alkyl halides is 2. The van der Waals surface area contributed by atoms with Crippen LogP contribution in [0, 0.1) is 5.82 Å². The summed E-state index contributed by atoms with van der Waals surface area (Å²) in [4.78, 5) is 16.0. The number of rotatable bonds is 5. The Hall–Kier alpha value is -3.29. The van der Waals surface area contributed by atoms with Crippen molar-refractivity contribution in [3.05, 3.63) is 65.1 Å². The first-order chi connectivity index (χ1) is 12.5. The van der Waals surface area contributed by atoms with Gasteiger partial charge in [-0.2, -0.15) is 8.78 Å². The Bertz CT molecular complexity index is 892. The normalized spacial score (nSPS) is 15.2. The smallest absolute Gasteiger partial charge is 0.387 e. The fourth-order valence-electron chi connectivity index (χ4n) is 2.25. The number of esters is 1. The molecule has 0 saturated carbocycles. The van der Waals surface area contributed by atoms with E-state index in [4.69, 9.17) is 9.47 Å². The summed E-state index contributed by atoms with van der Waals surface area (Å²) in [5, 5.41) is 0. The van der Waals surface area contributed by atoms with E-state index in [0.717, 1.165) is 0 Å². The topological polar surface area (TPSA) is 57.1 Å². The molecule has 8 heteroatoms. The molecule has 0 spiro atoms. The molecule has 0 aromatic heterocycles. The summed E-state index contributed by atoms with van der Waals surface area (Å²) in [7, 11) is 1.32. The summed E-state index contributed by atoms with van der Waals surface area (Å²) >= 11 is 0. The second-order valence-electron chi connectivity index (χ2n) is 5.13. The van der Waals surface area contributed by atoms with Crippen molar-refractivity contribution in [1.29, 1.82) is 0 Å². The van der Waals surface area contributed by atoms with Gasteiger partial charge in [-0.25, -0.2) is 14.2 Å². The average Bonchev–Trinajstić information content (AvgIpc) is 2.96. The van der Waals surface area contributed by atoms with Crippen molar-refractivity contribution in [3.8, 4) is 11.5 Å². The maximum atomic E-state index is 13.0. The fraction of sp³-hybridized carbons (Fsp3) is 0.111. The van der Waals surface area contributed by atoms with Crippen molar-refractivity contribution in [2.24, 2.45) is 4.99 Å². The predicted octanol–water partition coefficient (Wildman–Crippen LogP) is 3.78. The van der Waals surface area contributed by atoms with E-state index in [-0.39, 0.29) is 23.1 Å². The van der Waals surface area contributed by atoms with Crippen LogP contribution in [0.15, 0.2) is 53.2 Å². The first-order valence-corrected chi connectivity index (χ1v) is 7.37. The lowest BCUT2D eigenvalue weighted by molar-refractivity contribution is -0.129. The lowest BCUT2D eigenvalue weighted by Gasteiger charge is -2.10. The van der Waals surface area contributed by atoms with Crippen LogP contribution >= 0.6 is 0 Å². The molecule has 5 nitrogen and oxygen atoms in total. The molecule has 1 heterocycles. The zero-order valence-corrected chi connectivity index (χ0v) is 13.4. The molecular weight excluding hydrogens is 351 g/mol. The Labute approximate surface area is 146 Å². The number of cyclic esters (lactones) is 1. The lowest BCUT2D eigenvalue weighted by atomic mass is 10.1. The molecule has 0 bridgehead atoms. The molecule has 0 amide bonds. The van der Waals surface area contributed by atoms with Crippen LogP contribution in [0.4, 0.5) is 13.2 Å². The van der Waals surface area contributed by atoms with Gasteiger partial charge in [-0.3, -0.25) is 0 Å². The van der Waals surface area contributed by atoms with Gasteiger partial charge >= 0.3 is 12.6 Å². The molecule has 26 heavy (non-hydrogen) atoms. The zero-order valence-electron chi connectivity index (χ0n) is 13.4. The second-order valence-corrected chi connectivity index (χ2v) is 5.13. The molecule has 0 radical (unpaired) electrons. The van der Waals surface area contributed by atoms with Crippen molar-refractivity contribution in [2.75, 3.05) is 7.11 Å². The Morgan fingerprint density at radius 1 is 1.12 bits per heavy atom. The molecule has 0 aliphatic carbocycles. The Morgan fingerprint density at radius 3 is 2.50 bits per heavy atom. The van der Waals surface area contributed by atoms with Crippen LogP contribution < -0.4 is 9.47 Å². The predicted molar refractivity (Wildman–Crippen MR) is 86.6 cm³/mol. The standard InChI is InChI=1S/C18H12F3NO4/c1-24-14-7-2-10(9-15(14)25-18(20)21)8-13-17(23)26-16(22-13)11-3-5-12(19)6-4-11/h2-9,18H,1H3/b13-8+. The first-order valence-electron chi connectivity index (χ1n) is 7.37. The van der Waals surface area contributed by atoms with E-state index in [2.05, 4.69) is 9.73 Å². The van der Waals surface area contributed by atoms with Gasteiger partial charge in [-0.05, 0) is 48.0 Å². The van der Waals surface area contributed by atoms with Gasteiger partial charge < -0.3 is 14.2 Å². The third kappa shape index (κ3) is 3.85. The van der Waals surface area contributed by atoms with Gasteiger partial charge in [0.2, 0.25) is 5.90 Å². The van der Waals surface area contributed by atoms with Crippen LogP contribution in [0.25, 0.3) is 6.08 Å². The number of hydrogen-bond acceptors (Lipinski definition) is 5. The minimum absolute atomic E-state index is 0.0267. The molecule has 0 N–H and O–H groups in total. The van der Waals surface area contributed by atoms with Crippen LogP contribution in [-0.4, -0.2) is 25.6 Å². The SMILES string of the molecule is COc1ccc(/C=C2/N=C(c3ccc(F)cc3)OC2=O)cc1OC(F)F. The van der Waals surface area contributed by atoms with Gasteiger partial charge in [-0.1, -0.05) is 6.07 Å². The van der Waals surface area contributed by atoms with Gasteiger partial charge in [0, 0.05) is 5.56 Å². The molecule has 2 aromatic rings. The van der Waals surface area contributed by atoms with Crippen LogP contribution in [0.2, 0.25) is 0 Å². The highest BCUT2D eigenvalue weighted by Crippen LogP contribution is 2.31. The third-order valence-electron chi connectivity index (χ3n) is 3.42. The molecule has 0 unspecified atom stereocenters. The fourth-order valence-corrected chi connectivity index (χ4v) is 2.25. The summed E-state index contributed by atoms with van der Waals surface area (Å²) < 4.78 is 52.3. The summed E-state index contributed by atoms with van der Waals surface area (Å²) in [6.45, 7) is -3.02. The second kappa shape index (κ2) is 7.30. The number of halogens is 3. The minimum Gasteiger partial charge on any atom is -0.493 e. The maximum Gasteiger partial charge on any atom is 0.387 e. The summed E-state index contributed by atoms with van der Waals surface area (Å²) in [6.07, 6.45) is 1.36. The molecule has 2 aromatic carbocycles. The van der Waals surface area contributed by atoms with Crippen LogP contribution in [0.1, 0.15) is 11.1 Å². The number of benzene rings is 2. The van der Waals surface area contributed by atoms with Crippen molar-refractivity contribution in [1.82, 2.24) is 0 Å². The van der Waals surface area contributed by atoms with Gasteiger partial charge in [0.15, 0.2) is 17.2 Å². The minimum atomic E-state index is -3.02. The third-order valence-corrected chi connectivity index (χ3v) is 3.42. The van der Waals surface area contributed by atoms with E-state index >= 15 is 0 Å². The molecule has 1 aliphatic heterocycles. The lowest BCUT2D eigenvalue weighted by Crippen LogP contribution is -2.05. The van der Waals surface area contributed by atoms with E-state index in [1.807, 2.05) is 0 Å². The Balaban J connectivity index is 1.91. The number of aliphatic imine (C=N–C) groups is 1. The van der Waals surface area contributed by atoms with Crippen molar-refractivity contribution >= 4 is 17.9 Å². The number of carbonyl (C=O) groups is 1. The van der Waals surface area contributed by atoms with Gasteiger partial charge in [-0.15, -0.1) is 0 Å². The van der Waals surface area contributed by atoms with Gasteiger partial charge in [0.1, 0.15) is 5.82 Å². The van der Waals surface area contributed by atoms with E-state index < -0.39 is 18.4 Å². The maximum absolute atomic E-state index is 13.0. The van der Waals surface area contributed by atoms with Crippen molar-refractivity contribution in [3.63, 3.8) is 0 Å². The van der Waals surface area contributed by atoms with Crippen molar-refractivity contribution in [2.45, 2.75) is 6.61 Å². The van der Waals surface area contributed by atoms with Gasteiger partial charge in [0.25, 0.3) is 0 Å². The number of methoxy groups -OCH3 is 1. The molecule has 1 aliphatic rings. The molecule has 0 fully saturated rings. The monoisotopic (exact) mass is 363 g/mol. The largest absolute Gasteiger partial charge is 0.493 e. The number of nitrogens with zero attached hydrogens (tertiary/aromatic N) is 1. The Morgan fingerprint density at radius 2 is 1.85 bits per heavy atom. The summed E-state index contributed by atoms with van der Waals surface area (Å²) in [5.74, 6) is -1.17. The first kappa shape index (κ1) is 17.5. The highest BCUT2D eigenvalue weighted by Gasteiger charge is 2.24. The van der Waals surface area contributed by atoms with E-state index in [1.54, 1.807) is 6.07 Å². The Kier molecular flexibility index (Phi) is 4.92. The highest BCUT2D eigenvalue weighted by molar-refractivity contribution is 6.12. The number of ether oxygens (including phenoxy) is 3. The number of carbonyl (C=O) groups excluding carboxylic acids is 1. The molecular formula is C18H12F3NO4. The van der Waals surface area contributed by atoms with E-state index in [0.29, 0.717) is 11.1 Å². The van der Waals surface area contributed by atoms with Crippen LogP contribution in [0.3, 0.4) is 0 Å². The van der Waals surface area contributed by atoms with E-state index in [9.17, 15) is 18.0 Å². The van der Waals surface area contributed by atoms with Gasteiger partial charge in [0.05, 0.1) is 7.11 Å². The zero-order chi connectivity index (χ0) is 18.7. The quantitative estimate of drug-likeness (QED) is 0.599. The highest BCUT2D eigenvalue weighted by atomic mass is 19.3. The van der Waals surface area contributed by atoms with Crippen LogP contribution in [-0.2, 0) is 9.53 Å². The summed E-state index contributed by atoms with van der Waals surface area (Å²) in [6, 6.07) is 9.53. The molecule has 134 valence electrons. The van der Waals surface area contributed by atoms with Crippen LogP contribution in [0.5, 0.6) is 11.5 Å². The van der Waals surface area contributed by atoms with E-state index in [1.165, 1.54) is 49.6 Å². The molecule has 3 rings (SSSR count). The number of hydrogen-bond donors (Lipinski definition) is 0. The summed E-state index contributed by atoms with van der Waals surface area (Å²) in [5.41, 5.74) is 0.787. The van der Waals surface area contributed by atoms with Crippen molar-refractivity contribution < 1.29 is 32.2 Å². The molecule has 0 saturated heterocycles. The molecule has 0 atom stereocenters. The average molecular weight is 363 g/mol.